The second-order valence-corrected chi connectivity index (χ2v) is 3.89. The summed E-state index contributed by atoms with van der Waals surface area (Å²) in [5.74, 6) is -0.00931. The van der Waals surface area contributed by atoms with Crippen LogP contribution in [0.15, 0.2) is 0 Å². The fourth-order valence-electron chi connectivity index (χ4n) is 1.30. The van der Waals surface area contributed by atoms with Crippen LogP contribution in [0.2, 0.25) is 0 Å². The predicted molar refractivity (Wildman–Crippen MR) is 56.6 cm³/mol. The van der Waals surface area contributed by atoms with Gasteiger partial charge in [0, 0.05) is 18.5 Å². The Labute approximate surface area is 92.5 Å². The summed E-state index contributed by atoms with van der Waals surface area (Å²) in [4.78, 5) is 11.4. The number of carbonyl (C=O) groups is 1. The first kappa shape index (κ1) is 11.9. The molecule has 0 aromatic rings. The SMILES string of the molecule is O=C(NCCOCCBr)C1CCCO1. The summed E-state index contributed by atoms with van der Waals surface area (Å²) >= 11 is 3.25. The first-order valence-electron chi connectivity index (χ1n) is 4.87. The van der Waals surface area contributed by atoms with Crippen LogP contribution >= 0.6 is 15.9 Å². The molecule has 0 aliphatic carbocycles. The van der Waals surface area contributed by atoms with Gasteiger partial charge in [0.05, 0.1) is 13.2 Å². The lowest BCUT2D eigenvalue weighted by molar-refractivity contribution is -0.130. The maximum atomic E-state index is 11.4. The number of rotatable bonds is 6. The summed E-state index contributed by atoms with van der Waals surface area (Å²) in [6.45, 7) is 2.50. The molecule has 1 aliphatic rings. The van der Waals surface area contributed by atoms with Gasteiger partial charge >= 0.3 is 0 Å². The van der Waals surface area contributed by atoms with Crippen molar-refractivity contribution < 1.29 is 14.3 Å². The largest absolute Gasteiger partial charge is 0.379 e. The van der Waals surface area contributed by atoms with Gasteiger partial charge in [0.15, 0.2) is 0 Å². The van der Waals surface area contributed by atoms with E-state index in [1.807, 2.05) is 0 Å². The number of ether oxygens (including phenoxy) is 2. The standard InChI is InChI=1S/C9H16BrNO3/c10-3-6-13-7-4-11-9(12)8-2-1-5-14-8/h8H,1-7H2,(H,11,12). The van der Waals surface area contributed by atoms with Gasteiger partial charge in [-0.1, -0.05) is 15.9 Å². The van der Waals surface area contributed by atoms with Crippen molar-refractivity contribution in [2.45, 2.75) is 18.9 Å². The highest BCUT2D eigenvalue weighted by atomic mass is 79.9. The molecule has 0 radical (unpaired) electrons. The van der Waals surface area contributed by atoms with E-state index in [4.69, 9.17) is 9.47 Å². The molecular weight excluding hydrogens is 250 g/mol. The van der Waals surface area contributed by atoms with Crippen molar-refractivity contribution >= 4 is 21.8 Å². The maximum absolute atomic E-state index is 11.4. The zero-order valence-electron chi connectivity index (χ0n) is 8.13. The number of nitrogens with one attached hydrogen (secondary N) is 1. The number of hydrogen-bond acceptors (Lipinski definition) is 3. The highest BCUT2D eigenvalue weighted by molar-refractivity contribution is 9.09. The molecule has 1 rings (SSSR count). The number of alkyl halides is 1. The van der Waals surface area contributed by atoms with E-state index in [0.29, 0.717) is 26.4 Å². The topological polar surface area (TPSA) is 47.6 Å². The van der Waals surface area contributed by atoms with Crippen LogP contribution in [0.5, 0.6) is 0 Å². The summed E-state index contributed by atoms with van der Waals surface area (Å²) in [5, 5.41) is 3.61. The Morgan fingerprint density at radius 2 is 2.43 bits per heavy atom. The smallest absolute Gasteiger partial charge is 0.249 e. The van der Waals surface area contributed by atoms with Crippen molar-refractivity contribution in [1.29, 1.82) is 0 Å². The second-order valence-electron chi connectivity index (χ2n) is 3.09. The van der Waals surface area contributed by atoms with Crippen molar-refractivity contribution in [3.05, 3.63) is 0 Å². The molecule has 1 saturated heterocycles. The van der Waals surface area contributed by atoms with Crippen LogP contribution in [-0.4, -0.2) is 43.7 Å². The fourth-order valence-corrected chi connectivity index (χ4v) is 1.53. The molecule has 5 heteroatoms. The van der Waals surface area contributed by atoms with Crippen LogP contribution in [0.25, 0.3) is 0 Å². The van der Waals surface area contributed by atoms with Crippen molar-refractivity contribution in [2.75, 3.05) is 31.7 Å². The second kappa shape index (κ2) is 7.20. The Balaban J connectivity index is 1.97. The highest BCUT2D eigenvalue weighted by Gasteiger charge is 2.22. The first-order chi connectivity index (χ1) is 6.84. The zero-order chi connectivity index (χ0) is 10.2. The van der Waals surface area contributed by atoms with Crippen LogP contribution in [0.1, 0.15) is 12.8 Å². The van der Waals surface area contributed by atoms with E-state index in [0.717, 1.165) is 18.2 Å². The molecule has 1 unspecified atom stereocenters. The summed E-state index contributed by atoms with van der Waals surface area (Å²) in [7, 11) is 0. The first-order valence-corrected chi connectivity index (χ1v) is 6.00. The molecule has 4 nitrogen and oxygen atoms in total. The number of carbonyl (C=O) groups excluding carboxylic acids is 1. The van der Waals surface area contributed by atoms with Crippen LogP contribution in [0.3, 0.4) is 0 Å². The van der Waals surface area contributed by atoms with Crippen LogP contribution in [0.4, 0.5) is 0 Å². The summed E-state index contributed by atoms with van der Waals surface area (Å²) in [6, 6.07) is 0. The number of hydrogen-bond donors (Lipinski definition) is 1. The van der Waals surface area contributed by atoms with E-state index in [2.05, 4.69) is 21.2 Å². The molecule has 0 bridgehead atoms. The normalized spacial score (nSPS) is 21.1. The van der Waals surface area contributed by atoms with E-state index in [1.165, 1.54) is 0 Å². The lowest BCUT2D eigenvalue weighted by atomic mass is 10.2. The van der Waals surface area contributed by atoms with Crippen molar-refractivity contribution in [3.63, 3.8) is 0 Å². The Bertz CT molecular complexity index is 171. The minimum Gasteiger partial charge on any atom is -0.379 e. The molecule has 1 fully saturated rings. The molecule has 0 saturated carbocycles. The molecule has 1 aliphatic heterocycles. The quantitative estimate of drug-likeness (QED) is 0.568. The van der Waals surface area contributed by atoms with Gasteiger partial charge in [-0.15, -0.1) is 0 Å². The van der Waals surface area contributed by atoms with Gasteiger partial charge in [-0.2, -0.15) is 0 Å². The Hall–Kier alpha value is -0.130. The molecule has 0 spiro atoms. The molecule has 1 heterocycles. The zero-order valence-corrected chi connectivity index (χ0v) is 9.72. The summed E-state index contributed by atoms with van der Waals surface area (Å²) < 4.78 is 10.4. The number of halogens is 1. The molecule has 82 valence electrons. The third-order valence-electron chi connectivity index (χ3n) is 1.99. The average molecular weight is 266 g/mol. The Morgan fingerprint density at radius 3 is 3.07 bits per heavy atom. The molecule has 1 amide bonds. The van der Waals surface area contributed by atoms with Gasteiger partial charge in [-0.3, -0.25) is 4.79 Å². The molecule has 14 heavy (non-hydrogen) atoms. The van der Waals surface area contributed by atoms with Crippen LogP contribution < -0.4 is 5.32 Å². The third-order valence-corrected chi connectivity index (χ3v) is 2.31. The van der Waals surface area contributed by atoms with Crippen molar-refractivity contribution in [3.8, 4) is 0 Å². The van der Waals surface area contributed by atoms with Crippen molar-refractivity contribution in [1.82, 2.24) is 5.32 Å². The van der Waals surface area contributed by atoms with Gasteiger partial charge in [0.25, 0.3) is 0 Å². The Kier molecular flexibility index (Phi) is 6.14. The summed E-state index contributed by atoms with van der Waals surface area (Å²) in [6.07, 6.45) is 1.60. The lowest BCUT2D eigenvalue weighted by Crippen LogP contribution is -2.36. The average Bonchev–Trinajstić information content (AvgIpc) is 2.70. The van der Waals surface area contributed by atoms with Gasteiger partial charge in [0.1, 0.15) is 6.10 Å². The lowest BCUT2D eigenvalue weighted by Gasteiger charge is -2.10. The number of amides is 1. The van der Waals surface area contributed by atoms with E-state index >= 15 is 0 Å². The molecular formula is C9H16BrNO3. The predicted octanol–water partition coefficient (Wildman–Crippen LogP) is 0.693. The molecule has 1 atom stereocenters. The van der Waals surface area contributed by atoms with Gasteiger partial charge < -0.3 is 14.8 Å². The highest BCUT2D eigenvalue weighted by Crippen LogP contribution is 2.11. The van der Waals surface area contributed by atoms with E-state index < -0.39 is 0 Å². The monoisotopic (exact) mass is 265 g/mol. The van der Waals surface area contributed by atoms with Crippen LogP contribution in [0, 0.1) is 0 Å². The van der Waals surface area contributed by atoms with Crippen LogP contribution in [-0.2, 0) is 14.3 Å². The van der Waals surface area contributed by atoms with Gasteiger partial charge in [-0.05, 0) is 12.8 Å². The van der Waals surface area contributed by atoms with Gasteiger partial charge in [0.2, 0.25) is 5.91 Å². The minimum atomic E-state index is -0.230. The summed E-state index contributed by atoms with van der Waals surface area (Å²) in [5.41, 5.74) is 0. The van der Waals surface area contributed by atoms with E-state index in [1.54, 1.807) is 0 Å². The third kappa shape index (κ3) is 4.39. The fraction of sp³-hybridized carbons (Fsp3) is 0.889. The molecule has 1 N–H and O–H groups in total. The Morgan fingerprint density at radius 1 is 1.57 bits per heavy atom. The van der Waals surface area contributed by atoms with Crippen molar-refractivity contribution in [2.24, 2.45) is 0 Å². The van der Waals surface area contributed by atoms with Gasteiger partial charge in [-0.25, -0.2) is 0 Å². The minimum absolute atomic E-state index is 0.00931. The van der Waals surface area contributed by atoms with E-state index in [9.17, 15) is 4.79 Å². The molecule has 0 aromatic carbocycles. The maximum Gasteiger partial charge on any atom is 0.249 e. The van der Waals surface area contributed by atoms with E-state index in [-0.39, 0.29) is 12.0 Å². The molecule has 0 aromatic heterocycles.